The van der Waals surface area contributed by atoms with Crippen LogP contribution in [0.15, 0.2) is 53.7 Å². The Balaban J connectivity index is 1.79. The number of aromatic nitrogens is 2. The number of imidazole rings is 1. The van der Waals surface area contributed by atoms with Crippen molar-refractivity contribution in [2.75, 3.05) is 0 Å². The van der Waals surface area contributed by atoms with Gasteiger partial charge in [0.2, 0.25) is 0 Å². The molecule has 0 fully saturated rings. The number of alkyl halides is 2. The maximum atomic E-state index is 13.4. The summed E-state index contributed by atoms with van der Waals surface area (Å²) in [5, 5.41) is 12.9. The normalized spacial score (nSPS) is 12.1. The number of benzene rings is 2. The third-order valence-corrected chi connectivity index (χ3v) is 3.75. The summed E-state index contributed by atoms with van der Waals surface area (Å²) in [6.07, 6.45) is 0. The highest BCUT2D eigenvalue weighted by molar-refractivity contribution is 5.98. The van der Waals surface area contributed by atoms with Crippen LogP contribution in [0, 0.1) is 0 Å². The lowest BCUT2D eigenvalue weighted by molar-refractivity contribution is 0.0736. The third kappa shape index (κ3) is 3.66. The van der Waals surface area contributed by atoms with Gasteiger partial charge in [-0.15, -0.1) is 0 Å². The zero-order chi connectivity index (χ0) is 17.8. The SMILES string of the molecule is C/C(=N/OCc1ccc(CO)cc1)c1nc2ccccc2n1C(F)F. The summed E-state index contributed by atoms with van der Waals surface area (Å²) in [5.41, 5.74) is 2.75. The van der Waals surface area contributed by atoms with Gasteiger partial charge < -0.3 is 9.94 Å². The van der Waals surface area contributed by atoms with Crippen LogP contribution in [0.5, 0.6) is 0 Å². The van der Waals surface area contributed by atoms with E-state index in [1.54, 1.807) is 43.3 Å². The molecule has 0 bridgehead atoms. The summed E-state index contributed by atoms with van der Waals surface area (Å²) < 4.78 is 27.7. The van der Waals surface area contributed by atoms with E-state index >= 15 is 0 Å². The van der Waals surface area contributed by atoms with Gasteiger partial charge in [-0.2, -0.15) is 8.78 Å². The Morgan fingerprint density at radius 1 is 1.16 bits per heavy atom. The zero-order valence-corrected chi connectivity index (χ0v) is 13.6. The molecular formula is C18H17F2N3O2. The van der Waals surface area contributed by atoms with Crippen molar-refractivity contribution in [3.8, 4) is 0 Å². The second-order valence-electron chi connectivity index (χ2n) is 5.50. The first-order chi connectivity index (χ1) is 12.1. The number of aliphatic hydroxyl groups excluding tert-OH is 1. The average Bonchev–Trinajstić information content (AvgIpc) is 3.02. The Kier molecular flexibility index (Phi) is 5.04. The van der Waals surface area contributed by atoms with Crippen molar-refractivity contribution >= 4 is 16.7 Å². The second-order valence-corrected chi connectivity index (χ2v) is 5.50. The number of hydrogen-bond acceptors (Lipinski definition) is 4. The molecule has 2 aromatic carbocycles. The van der Waals surface area contributed by atoms with E-state index in [2.05, 4.69) is 10.1 Å². The fourth-order valence-corrected chi connectivity index (χ4v) is 2.48. The lowest BCUT2D eigenvalue weighted by Gasteiger charge is -2.07. The fraction of sp³-hybridized carbons (Fsp3) is 0.222. The molecular weight excluding hydrogens is 328 g/mol. The van der Waals surface area contributed by atoms with Crippen LogP contribution < -0.4 is 0 Å². The molecule has 0 aliphatic heterocycles. The van der Waals surface area contributed by atoms with Crippen molar-refractivity contribution in [1.29, 1.82) is 0 Å². The Morgan fingerprint density at radius 2 is 1.84 bits per heavy atom. The van der Waals surface area contributed by atoms with Crippen molar-refractivity contribution in [3.05, 3.63) is 65.5 Å². The van der Waals surface area contributed by atoms with Crippen LogP contribution >= 0.6 is 0 Å². The maximum absolute atomic E-state index is 13.4. The van der Waals surface area contributed by atoms with Crippen molar-refractivity contribution in [2.24, 2.45) is 5.16 Å². The molecule has 0 spiro atoms. The van der Waals surface area contributed by atoms with Gasteiger partial charge in [0.15, 0.2) is 5.82 Å². The molecule has 3 aromatic rings. The predicted octanol–water partition coefficient (Wildman–Crippen LogP) is 3.86. The second kappa shape index (κ2) is 7.40. The third-order valence-electron chi connectivity index (χ3n) is 3.75. The number of para-hydroxylation sites is 2. The number of oxime groups is 1. The van der Waals surface area contributed by atoms with Crippen LogP contribution in [0.4, 0.5) is 8.78 Å². The molecule has 0 atom stereocenters. The van der Waals surface area contributed by atoms with Crippen LogP contribution in [0.25, 0.3) is 11.0 Å². The van der Waals surface area contributed by atoms with E-state index in [1.807, 2.05) is 12.1 Å². The van der Waals surface area contributed by atoms with Gasteiger partial charge in [-0.1, -0.05) is 41.6 Å². The first-order valence-corrected chi connectivity index (χ1v) is 7.71. The Labute approximate surface area is 143 Å². The van der Waals surface area contributed by atoms with Gasteiger partial charge in [0, 0.05) is 0 Å². The van der Waals surface area contributed by atoms with E-state index in [0.717, 1.165) is 15.7 Å². The number of hydrogen-bond donors (Lipinski definition) is 1. The smallest absolute Gasteiger partial charge is 0.320 e. The largest absolute Gasteiger partial charge is 0.392 e. The molecule has 0 aliphatic carbocycles. The molecule has 130 valence electrons. The number of halogens is 2. The molecule has 3 rings (SSSR count). The molecule has 0 saturated heterocycles. The zero-order valence-electron chi connectivity index (χ0n) is 13.6. The van der Waals surface area contributed by atoms with E-state index in [-0.39, 0.29) is 24.7 Å². The fourth-order valence-electron chi connectivity index (χ4n) is 2.48. The Morgan fingerprint density at radius 3 is 2.52 bits per heavy atom. The molecule has 0 unspecified atom stereocenters. The highest BCUT2D eigenvalue weighted by Gasteiger charge is 2.19. The van der Waals surface area contributed by atoms with Crippen molar-refractivity contribution in [1.82, 2.24) is 9.55 Å². The van der Waals surface area contributed by atoms with Gasteiger partial charge in [0.05, 0.1) is 17.6 Å². The molecule has 7 heteroatoms. The maximum Gasteiger partial charge on any atom is 0.320 e. The van der Waals surface area contributed by atoms with Crippen LogP contribution in [-0.2, 0) is 18.1 Å². The van der Waals surface area contributed by atoms with Gasteiger partial charge in [-0.3, -0.25) is 4.57 Å². The summed E-state index contributed by atoms with van der Waals surface area (Å²) in [4.78, 5) is 9.49. The molecule has 0 saturated carbocycles. The Bertz CT molecular complexity index is 889. The lowest BCUT2D eigenvalue weighted by Crippen LogP contribution is -2.10. The summed E-state index contributed by atoms with van der Waals surface area (Å²) in [7, 11) is 0. The minimum absolute atomic E-state index is 0.0256. The van der Waals surface area contributed by atoms with Gasteiger partial charge in [0.1, 0.15) is 12.3 Å². The van der Waals surface area contributed by atoms with Crippen LogP contribution in [0.1, 0.15) is 30.4 Å². The minimum atomic E-state index is -2.72. The average molecular weight is 345 g/mol. The number of fused-ring (bicyclic) bond motifs is 1. The summed E-state index contributed by atoms with van der Waals surface area (Å²) in [5.74, 6) is 0.0758. The van der Waals surface area contributed by atoms with E-state index in [0.29, 0.717) is 11.0 Å². The van der Waals surface area contributed by atoms with Crippen LogP contribution in [-0.4, -0.2) is 20.4 Å². The molecule has 25 heavy (non-hydrogen) atoms. The summed E-state index contributed by atoms with van der Waals surface area (Å²) >= 11 is 0. The van der Waals surface area contributed by atoms with Crippen LogP contribution in [0.2, 0.25) is 0 Å². The van der Waals surface area contributed by atoms with Crippen molar-refractivity contribution in [3.63, 3.8) is 0 Å². The van der Waals surface area contributed by atoms with Gasteiger partial charge in [0.25, 0.3) is 0 Å². The van der Waals surface area contributed by atoms with Gasteiger partial charge >= 0.3 is 6.55 Å². The highest BCUT2D eigenvalue weighted by atomic mass is 19.3. The first kappa shape index (κ1) is 17.0. The Hall–Kier alpha value is -2.80. The molecule has 0 amide bonds. The number of aliphatic hydroxyl groups is 1. The standard InChI is InChI=1S/C18H17F2N3O2/c1-12(22-25-11-14-8-6-13(10-24)7-9-14)17-21-15-4-2-3-5-16(15)23(17)18(19)20/h2-9,18,24H,10-11H2,1H3/b22-12-. The molecule has 5 nitrogen and oxygen atoms in total. The molecule has 0 aliphatic rings. The monoisotopic (exact) mass is 345 g/mol. The molecule has 1 aromatic heterocycles. The van der Waals surface area contributed by atoms with E-state index in [1.165, 1.54) is 0 Å². The number of nitrogens with zero attached hydrogens (tertiary/aromatic N) is 3. The molecule has 0 radical (unpaired) electrons. The predicted molar refractivity (Wildman–Crippen MR) is 90.4 cm³/mol. The molecule has 1 heterocycles. The van der Waals surface area contributed by atoms with Crippen LogP contribution in [0.3, 0.4) is 0 Å². The highest BCUT2D eigenvalue weighted by Crippen LogP contribution is 2.23. The quantitative estimate of drug-likeness (QED) is 0.545. The topological polar surface area (TPSA) is 59.6 Å². The van der Waals surface area contributed by atoms with E-state index in [4.69, 9.17) is 9.94 Å². The minimum Gasteiger partial charge on any atom is -0.392 e. The lowest BCUT2D eigenvalue weighted by atomic mass is 10.1. The van der Waals surface area contributed by atoms with Gasteiger partial charge in [-0.05, 0) is 30.2 Å². The molecule has 1 N–H and O–H groups in total. The van der Waals surface area contributed by atoms with Crippen molar-refractivity contribution < 1.29 is 18.7 Å². The van der Waals surface area contributed by atoms with E-state index in [9.17, 15) is 8.78 Å². The number of rotatable bonds is 6. The van der Waals surface area contributed by atoms with Crippen molar-refractivity contribution in [2.45, 2.75) is 26.7 Å². The summed E-state index contributed by atoms with van der Waals surface area (Å²) in [6, 6.07) is 13.9. The first-order valence-electron chi connectivity index (χ1n) is 7.71. The summed E-state index contributed by atoms with van der Waals surface area (Å²) in [6.45, 7) is -0.978. The van der Waals surface area contributed by atoms with Gasteiger partial charge in [-0.25, -0.2) is 4.98 Å². The van der Waals surface area contributed by atoms with E-state index < -0.39 is 6.55 Å².